The number of hydrogen-bond acceptors (Lipinski definition) is 2. The van der Waals surface area contributed by atoms with Gasteiger partial charge in [-0.1, -0.05) is 12.1 Å². The number of H-pyrrole nitrogens is 1. The minimum absolute atomic E-state index is 0.0802. The highest BCUT2D eigenvalue weighted by Crippen LogP contribution is 2.20. The van der Waals surface area contributed by atoms with Crippen LogP contribution in [0.2, 0.25) is 0 Å². The number of fused-ring (bicyclic) bond motifs is 1. The Labute approximate surface area is 94.5 Å². The third-order valence-electron chi connectivity index (χ3n) is 3.33. The number of benzene rings is 1. The molecule has 1 aromatic heterocycles. The van der Waals surface area contributed by atoms with Crippen LogP contribution in [0.3, 0.4) is 0 Å². The van der Waals surface area contributed by atoms with Gasteiger partial charge in [-0.15, -0.1) is 0 Å². The predicted molar refractivity (Wildman–Crippen MR) is 64.2 cm³/mol. The lowest BCUT2D eigenvalue weighted by atomic mass is 9.89. The van der Waals surface area contributed by atoms with Gasteiger partial charge in [-0.25, -0.2) is 0 Å². The van der Waals surface area contributed by atoms with E-state index in [0.29, 0.717) is 6.04 Å². The van der Waals surface area contributed by atoms with E-state index in [0.717, 1.165) is 19.4 Å². The first-order valence-corrected chi connectivity index (χ1v) is 5.79. The fraction of sp³-hybridized carbons (Fsp3) is 0.385. The minimum atomic E-state index is -0.0802. The molecule has 0 aliphatic heterocycles. The Balaban J connectivity index is 1.65. The van der Waals surface area contributed by atoms with Crippen LogP contribution in [-0.4, -0.2) is 22.2 Å². The third-order valence-corrected chi connectivity index (χ3v) is 3.33. The van der Waals surface area contributed by atoms with Crippen LogP contribution in [0.15, 0.2) is 30.5 Å². The van der Waals surface area contributed by atoms with Gasteiger partial charge in [0.05, 0.1) is 6.10 Å². The summed E-state index contributed by atoms with van der Waals surface area (Å²) in [5.74, 6) is 0. The highest BCUT2D eigenvalue weighted by molar-refractivity contribution is 5.79. The molecule has 0 amide bonds. The average Bonchev–Trinajstić information content (AvgIpc) is 2.69. The lowest BCUT2D eigenvalue weighted by molar-refractivity contribution is 0.0619. The van der Waals surface area contributed by atoms with E-state index in [9.17, 15) is 5.11 Å². The zero-order valence-corrected chi connectivity index (χ0v) is 9.11. The van der Waals surface area contributed by atoms with Gasteiger partial charge in [0.25, 0.3) is 0 Å². The molecule has 0 unspecified atom stereocenters. The van der Waals surface area contributed by atoms with Crippen molar-refractivity contribution in [2.24, 2.45) is 0 Å². The van der Waals surface area contributed by atoms with Crippen molar-refractivity contribution in [3.05, 3.63) is 36.0 Å². The number of rotatable bonds is 3. The summed E-state index contributed by atoms with van der Waals surface area (Å²) in [5.41, 5.74) is 2.48. The van der Waals surface area contributed by atoms with Gasteiger partial charge >= 0.3 is 0 Å². The Morgan fingerprint density at radius 3 is 3.00 bits per heavy atom. The fourth-order valence-electron chi connectivity index (χ4n) is 2.22. The van der Waals surface area contributed by atoms with Gasteiger partial charge < -0.3 is 15.4 Å². The normalized spacial score (nSPS) is 24.6. The van der Waals surface area contributed by atoms with Crippen molar-refractivity contribution < 1.29 is 5.11 Å². The molecule has 0 bridgehead atoms. The Morgan fingerprint density at radius 1 is 1.31 bits per heavy atom. The van der Waals surface area contributed by atoms with E-state index in [1.54, 1.807) is 0 Å². The summed E-state index contributed by atoms with van der Waals surface area (Å²) in [7, 11) is 0. The van der Waals surface area contributed by atoms with Crippen molar-refractivity contribution in [3.63, 3.8) is 0 Å². The molecular weight excluding hydrogens is 200 g/mol. The monoisotopic (exact) mass is 216 g/mol. The van der Waals surface area contributed by atoms with Crippen molar-refractivity contribution in [2.45, 2.75) is 31.5 Å². The van der Waals surface area contributed by atoms with Crippen molar-refractivity contribution in [2.75, 3.05) is 0 Å². The van der Waals surface area contributed by atoms with Crippen molar-refractivity contribution >= 4 is 10.9 Å². The van der Waals surface area contributed by atoms with Crippen LogP contribution >= 0.6 is 0 Å². The summed E-state index contributed by atoms with van der Waals surface area (Å²) in [5, 5.41) is 13.9. The van der Waals surface area contributed by atoms with Crippen LogP contribution in [-0.2, 0) is 6.54 Å². The summed E-state index contributed by atoms with van der Waals surface area (Å²) in [6, 6.07) is 9.04. The summed E-state index contributed by atoms with van der Waals surface area (Å²) in [6.07, 6.45) is 3.67. The van der Waals surface area contributed by atoms with Crippen molar-refractivity contribution in [1.29, 1.82) is 0 Å². The van der Waals surface area contributed by atoms with Crippen LogP contribution < -0.4 is 5.32 Å². The Kier molecular flexibility index (Phi) is 2.42. The second-order valence-electron chi connectivity index (χ2n) is 4.60. The third kappa shape index (κ3) is 1.84. The highest BCUT2D eigenvalue weighted by atomic mass is 16.3. The summed E-state index contributed by atoms with van der Waals surface area (Å²) in [4.78, 5) is 3.21. The van der Waals surface area contributed by atoms with Crippen LogP contribution in [0.5, 0.6) is 0 Å². The predicted octanol–water partition coefficient (Wildman–Crippen LogP) is 1.78. The summed E-state index contributed by atoms with van der Waals surface area (Å²) in [6.45, 7) is 0.881. The number of hydrogen-bond donors (Lipinski definition) is 3. The molecule has 3 nitrogen and oxygen atoms in total. The molecule has 1 aromatic carbocycles. The van der Waals surface area contributed by atoms with E-state index in [-0.39, 0.29) is 6.10 Å². The van der Waals surface area contributed by atoms with Crippen LogP contribution in [0.25, 0.3) is 10.9 Å². The fourth-order valence-corrected chi connectivity index (χ4v) is 2.22. The topological polar surface area (TPSA) is 48.0 Å². The van der Waals surface area contributed by atoms with E-state index in [2.05, 4.69) is 34.6 Å². The molecule has 0 atom stereocenters. The summed E-state index contributed by atoms with van der Waals surface area (Å²) < 4.78 is 0. The molecule has 3 heteroatoms. The molecule has 1 aliphatic rings. The van der Waals surface area contributed by atoms with E-state index < -0.39 is 0 Å². The maximum atomic E-state index is 9.18. The van der Waals surface area contributed by atoms with Gasteiger partial charge in [0.2, 0.25) is 0 Å². The molecule has 0 radical (unpaired) electrons. The molecule has 1 saturated carbocycles. The SMILES string of the molecule is OC1CC(NCc2ccc3cc[nH]c3c2)C1. The minimum Gasteiger partial charge on any atom is -0.393 e. The standard InChI is InChI=1S/C13H16N2O/c16-12-6-11(7-12)15-8-9-1-2-10-3-4-14-13(10)5-9/h1-5,11-12,14-16H,6-8H2. The maximum Gasteiger partial charge on any atom is 0.0570 e. The summed E-state index contributed by atoms with van der Waals surface area (Å²) >= 11 is 0. The van der Waals surface area contributed by atoms with E-state index in [4.69, 9.17) is 0 Å². The molecule has 3 N–H and O–H groups in total. The average molecular weight is 216 g/mol. The Hall–Kier alpha value is -1.32. The number of aromatic amines is 1. The molecule has 1 heterocycles. The van der Waals surface area contributed by atoms with Crippen molar-refractivity contribution in [3.8, 4) is 0 Å². The highest BCUT2D eigenvalue weighted by Gasteiger charge is 2.26. The first-order chi connectivity index (χ1) is 7.81. The molecule has 1 aliphatic carbocycles. The van der Waals surface area contributed by atoms with Crippen LogP contribution in [0, 0.1) is 0 Å². The van der Waals surface area contributed by atoms with Crippen molar-refractivity contribution in [1.82, 2.24) is 10.3 Å². The first kappa shape index (κ1) is 9.87. The van der Waals surface area contributed by atoms with E-state index >= 15 is 0 Å². The molecule has 0 saturated heterocycles. The molecule has 16 heavy (non-hydrogen) atoms. The van der Waals surface area contributed by atoms with Gasteiger partial charge in [-0.05, 0) is 35.9 Å². The number of aliphatic hydroxyl groups is 1. The van der Waals surface area contributed by atoms with Gasteiger partial charge in [0.15, 0.2) is 0 Å². The van der Waals surface area contributed by atoms with Gasteiger partial charge in [-0.3, -0.25) is 0 Å². The molecule has 84 valence electrons. The van der Waals surface area contributed by atoms with Gasteiger partial charge in [-0.2, -0.15) is 0 Å². The lowest BCUT2D eigenvalue weighted by Gasteiger charge is -2.32. The van der Waals surface area contributed by atoms with Crippen LogP contribution in [0.1, 0.15) is 18.4 Å². The second-order valence-corrected chi connectivity index (χ2v) is 4.60. The molecule has 1 fully saturated rings. The molecule has 0 spiro atoms. The number of nitrogens with one attached hydrogen (secondary N) is 2. The first-order valence-electron chi connectivity index (χ1n) is 5.79. The molecule has 3 rings (SSSR count). The van der Waals surface area contributed by atoms with Crippen LogP contribution in [0.4, 0.5) is 0 Å². The number of aromatic nitrogens is 1. The Morgan fingerprint density at radius 2 is 2.19 bits per heavy atom. The van der Waals surface area contributed by atoms with Gasteiger partial charge in [0.1, 0.15) is 0 Å². The zero-order chi connectivity index (χ0) is 11.0. The van der Waals surface area contributed by atoms with E-state index in [1.807, 2.05) is 6.20 Å². The number of aliphatic hydroxyl groups excluding tert-OH is 1. The second kappa shape index (κ2) is 3.92. The molecular formula is C13H16N2O. The van der Waals surface area contributed by atoms with E-state index in [1.165, 1.54) is 16.5 Å². The van der Waals surface area contributed by atoms with Gasteiger partial charge in [0, 0.05) is 24.3 Å². The maximum absolute atomic E-state index is 9.18. The zero-order valence-electron chi connectivity index (χ0n) is 9.11. The molecule has 2 aromatic rings. The quantitative estimate of drug-likeness (QED) is 0.732. The Bertz CT molecular complexity index is 485. The smallest absolute Gasteiger partial charge is 0.0570 e. The largest absolute Gasteiger partial charge is 0.393 e. The lowest BCUT2D eigenvalue weighted by Crippen LogP contribution is -2.43.